The van der Waals surface area contributed by atoms with Crippen molar-refractivity contribution in [1.29, 1.82) is 0 Å². The summed E-state index contributed by atoms with van der Waals surface area (Å²) in [5.74, 6) is -1.10. The minimum Gasteiger partial charge on any atom is -0.487 e. The molecule has 0 saturated heterocycles. The number of nitrogens with zero attached hydrogens (tertiary/aromatic N) is 1. The number of rotatable bonds is 7. The molecule has 0 spiro atoms. The number of halogens is 3. The molecule has 1 amide bonds. The van der Waals surface area contributed by atoms with Gasteiger partial charge in [-0.25, -0.2) is 13.6 Å². The van der Waals surface area contributed by atoms with E-state index in [9.17, 15) is 18.4 Å². The third kappa shape index (κ3) is 5.73. The molecular weight excluding hydrogens is 486 g/mol. The van der Waals surface area contributed by atoms with Gasteiger partial charge in [-0.3, -0.25) is 4.79 Å². The molecule has 0 unspecified atom stereocenters. The van der Waals surface area contributed by atoms with Crippen molar-refractivity contribution in [2.24, 2.45) is 0 Å². The second kappa shape index (κ2) is 10.4. The lowest BCUT2D eigenvalue weighted by Gasteiger charge is -2.15. The van der Waals surface area contributed by atoms with Crippen LogP contribution in [-0.2, 0) is 24.4 Å². The molecule has 0 fully saturated rings. The van der Waals surface area contributed by atoms with Crippen LogP contribution in [0, 0.1) is 18.6 Å². The van der Waals surface area contributed by atoms with Crippen LogP contribution in [0.5, 0.6) is 5.75 Å². The molecule has 3 rings (SSSR count). The van der Waals surface area contributed by atoms with E-state index in [1.807, 2.05) is 24.3 Å². The molecule has 9 heteroatoms. The highest BCUT2D eigenvalue weighted by Gasteiger charge is 2.14. The van der Waals surface area contributed by atoms with Crippen molar-refractivity contribution in [2.75, 3.05) is 7.11 Å². The number of benzene rings is 2. The molecular formula is C23H21BrF2N2O4. The Kier molecular flexibility index (Phi) is 7.63. The van der Waals surface area contributed by atoms with Crippen LogP contribution in [0.1, 0.15) is 22.4 Å². The van der Waals surface area contributed by atoms with Gasteiger partial charge in [-0.2, -0.15) is 0 Å². The molecule has 1 aromatic heterocycles. The molecule has 0 atom stereocenters. The summed E-state index contributed by atoms with van der Waals surface area (Å²) in [7, 11) is 1.30. The number of carbonyl (C=O) groups is 1. The van der Waals surface area contributed by atoms with Crippen LogP contribution in [0.3, 0.4) is 0 Å². The zero-order valence-electron chi connectivity index (χ0n) is 17.5. The maximum atomic E-state index is 13.8. The van der Waals surface area contributed by atoms with Gasteiger partial charge in [0.25, 0.3) is 5.56 Å². The van der Waals surface area contributed by atoms with Gasteiger partial charge in [-0.15, -0.1) is 0 Å². The van der Waals surface area contributed by atoms with Crippen LogP contribution >= 0.6 is 15.9 Å². The first-order valence-electron chi connectivity index (χ1n) is 9.64. The largest absolute Gasteiger partial charge is 0.487 e. The molecule has 0 saturated carbocycles. The van der Waals surface area contributed by atoms with Gasteiger partial charge in [0, 0.05) is 29.9 Å². The Morgan fingerprint density at radius 3 is 2.44 bits per heavy atom. The van der Waals surface area contributed by atoms with Crippen LogP contribution in [0.15, 0.2) is 57.8 Å². The lowest BCUT2D eigenvalue weighted by molar-refractivity contribution is 0.170. The van der Waals surface area contributed by atoms with E-state index >= 15 is 0 Å². The first-order chi connectivity index (χ1) is 15.3. The third-order valence-corrected chi connectivity index (χ3v) is 5.53. The van der Waals surface area contributed by atoms with Crippen LogP contribution in [-0.4, -0.2) is 17.8 Å². The number of alkyl carbamates (subject to hydrolysis) is 1. The fourth-order valence-electron chi connectivity index (χ4n) is 3.00. The Balaban J connectivity index is 1.72. The van der Waals surface area contributed by atoms with Crippen LogP contribution in [0.4, 0.5) is 13.6 Å². The van der Waals surface area contributed by atoms with Gasteiger partial charge in [-0.05, 0) is 46.1 Å². The average Bonchev–Trinajstić information content (AvgIpc) is 2.78. The summed E-state index contributed by atoms with van der Waals surface area (Å²) in [5.41, 5.74) is 2.33. The second-order valence-corrected chi connectivity index (χ2v) is 7.83. The molecule has 0 aliphatic heterocycles. The fourth-order valence-corrected chi connectivity index (χ4v) is 3.45. The van der Waals surface area contributed by atoms with E-state index in [2.05, 4.69) is 26.0 Å². The van der Waals surface area contributed by atoms with E-state index in [1.54, 1.807) is 17.6 Å². The number of hydrogen-bond acceptors (Lipinski definition) is 4. The number of carbonyl (C=O) groups excluding carboxylic acids is 1. The fraction of sp³-hybridized carbons (Fsp3) is 0.217. The monoisotopic (exact) mass is 506 g/mol. The maximum absolute atomic E-state index is 13.8. The molecule has 0 radical (unpaired) electrons. The van der Waals surface area contributed by atoms with E-state index in [0.717, 1.165) is 23.3 Å². The molecule has 0 aliphatic rings. The number of aryl methyl sites for hydroxylation is 1. The predicted molar refractivity (Wildman–Crippen MR) is 119 cm³/mol. The lowest BCUT2D eigenvalue weighted by atomic mass is 10.1. The summed E-state index contributed by atoms with van der Waals surface area (Å²) >= 11 is 3.27. The van der Waals surface area contributed by atoms with Gasteiger partial charge in [0.1, 0.15) is 28.5 Å². The van der Waals surface area contributed by atoms with Crippen LogP contribution < -0.4 is 15.6 Å². The van der Waals surface area contributed by atoms with Gasteiger partial charge < -0.3 is 19.4 Å². The number of nitrogens with one attached hydrogen (secondary N) is 1. The normalized spacial score (nSPS) is 10.7. The van der Waals surface area contributed by atoms with Crippen LogP contribution in [0.25, 0.3) is 0 Å². The van der Waals surface area contributed by atoms with Crippen molar-refractivity contribution >= 4 is 22.0 Å². The number of ether oxygens (including phenoxy) is 2. The highest BCUT2D eigenvalue weighted by molar-refractivity contribution is 9.10. The van der Waals surface area contributed by atoms with Gasteiger partial charge >= 0.3 is 6.09 Å². The molecule has 2 aromatic carbocycles. The summed E-state index contributed by atoms with van der Waals surface area (Å²) in [6, 6.07) is 12.4. The SMILES string of the molecule is COC(=O)NCc1ccc(Cn2c(C)cc(OCc3ccc(F)cc3F)c(Br)c2=O)cc1. The quantitative estimate of drug-likeness (QED) is 0.505. The second-order valence-electron chi connectivity index (χ2n) is 7.04. The summed E-state index contributed by atoms with van der Waals surface area (Å²) in [6.07, 6.45) is -0.509. The Morgan fingerprint density at radius 2 is 1.78 bits per heavy atom. The van der Waals surface area contributed by atoms with Gasteiger partial charge in [0.15, 0.2) is 0 Å². The highest BCUT2D eigenvalue weighted by atomic mass is 79.9. The van der Waals surface area contributed by atoms with E-state index in [1.165, 1.54) is 13.2 Å². The number of amides is 1. The molecule has 3 aromatic rings. The van der Waals surface area contributed by atoms with Gasteiger partial charge in [-0.1, -0.05) is 24.3 Å². The van der Waals surface area contributed by atoms with Crippen molar-refractivity contribution in [3.05, 3.63) is 97.4 Å². The summed E-state index contributed by atoms with van der Waals surface area (Å²) in [4.78, 5) is 24.0. The highest BCUT2D eigenvalue weighted by Crippen LogP contribution is 2.24. The van der Waals surface area contributed by atoms with Crippen molar-refractivity contribution in [1.82, 2.24) is 9.88 Å². The van der Waals surface area contributed by atoms with E-state index in [-0.39, 0.29) is 28.0 Å². The first-order valence-corrected chi connectivity index (χ1v) is 10.4. The van der Waals surface area contributed by atoms with E-state index in [0.29, 0.717) is 18.8 Å². The Labute approximate surface area is 191 Å². The number of pyridine rings is 1. The molecule has 32 heavy (non-hydrogen) atoms. The van der Waals surface area contributed by atoms with E-state index in [4.69, 9.17) is 4.74 Å². The minimum atomic E-state index is -0.712. The van der Waals surface area contributed by atoms with Crippen molar-refractivity contribution in [3.63, 3.8) is 0 Å². The summed E-state index contributed by atoms with van der Waals surface area (Å²) in [5, 5.41) is 2.60. The van der Waals surface area contributed by atoms with Crippen molar-refractivity contribution in [2.45, 2.75) is 26.6 Å². The molecule has 6 nitrogen and oxygen atoms in total. The Morgan fingerprint density at radius 1 is 1.09 bits per heavy atom. The molecule has 0 aliphatic carbocycles. The number of methoxy groups -OCH3 is 1. The Hall–Kier alpha value is -3.20. The average molecular weight is 507 g/mol. The van der Waals surface area contributed by atoms with Gasteiger partial charge in [0.05, 0.1) is 13.7 Å². The zero-order chi connectivity index (χ0) is 23.3. The molecule has 168 valence electrons. The lowest BCUT2D eigenvalue weighted by Crippen LogP contribution is -2.24. The smallest absolute Gasteiger partial charge is 0.407 e. The van der Waals surface area contributed by atoms with E-state index < -0.39 is 17.7 Å². The molecule has 1 N–H and O–H groups in total. The predicted octanol–water partition coefficient (Wildman–Crippen LogP) is 4.68. The summed E-state index contributed by atoms with van der Waals surface area (Å²) < 4.78 is 38.8. The molecule has 0 bridgehead atoms. The van der Waals surface area contributed by atoms with Crippen molar-refractivity contribution in [3.8, 4) is 5.75 Å². The topological polar surface area (TPSA) is 69.6 Å². The summed E-state index contributed by atoms with van der Waals surface area (Å²) in [6.45, 7) is 2.29. The minimum absolute atomic E-state index is 0.144. The maximum Gasteiger partial charge on any atom is 0.407 e. The zero-order valence-corrected chi connectivity index (χ0v) is 19.0. The third-order valence-electron chi connectivity index (χ3n) is 4.80. The number of hydrogen-bond donors (Lipinski definition) is 1. The molecule has 1 heterocycles. The van der Waals surface area contributed by atoms with Gasteiger partial charge in [0.2, 0.25) is 0 Å². The van der Waals surface area contributed by atoms with Crippen LogP contribution in [0.2, 0.25) is 0 Å². The number of aromatic nitrogens is 1. The standard InChI is InChI=1S/C23H21BrF2N2O4/c1-14-9-20(32-13-17-7-8-18(25)10-19(17)26)21(24)22(29)28(14)12-16-5-3-15(4-6-16)11-27-23(30)31-2/h3-10H,11-13H2,1-2H3,(H,27,30). The Bertz CT molecular complexity index is 1180. The first kappa shape index (κ1) is 23.5. The van der Waals surface area contributed by atoms with Crippen molar-refractivity contribution < 1.29 is 23.0 Å².